The van der Waals surface area contributed by atoms with Crippen molar-refractivity contribution in [3.8, 4) is 55.6 Å². The van der Waals surface area contributed by atoms with E-state index in [2.05, 4.69) is 182 Å². The van der Waals surface area contributed by atoms with Gasteiger partial charge in [-0.2, -0.15) is 0 Å². The molecule has 11 rings (SSSR count). The van der Waals surface area contributed by atoms with Gasteiger partial charge >= 0.3 is 0 Å². The maximum Gasteiger partial charge on any atom is -0.00199 e. The predicted molar refractivity (Wildman–Crippen MR) is 215 cm³/mol. The molecule has 230 valence electrons. The highest BCUT2D eigenvalue weighted by atomic mass is 14.3. The van der Waals surface area contributed by atoms with Crippen LogP contribution in [0.1, 0.15) is 0 Å². The largest absolute Gasteiger partial charge is 0.0616 e. The average molecular weight is 631 g/mol. The van der Waals surface area contributed by atoms with Gasteiger partial charge in [-0.1, -0.05) is 176 Å². The zero-order valence-corrected chi connectivity index (χ0v) is 27.3. The Morgan fingerprint density at radius 2 is 0.640 bits per heavy atom. The molecule has 0 N–H and O–H groups in total. The molecule has 0 aliphatic heterocycles. The van der Waals surface area contributed by atoms with Crippen molar-refractivity contribution in [2.45, 2.75) is 0 Å². The Hall–Kier alpha value is -6.50. The van der Waals surface area contributed by atoms with Crippen LogP contribution >= 0.6 is 0 Å². The van der Waals surface area contributed by atoms with Gasteiger partial charge in [-0.25, -0.2) is 0 Å². The zero-order chi connectivity index (χ0) is 32.8. The number of rotatable bonds is 3. The Labute approximate surface area is 290 Å². The Bertz CT molecular complexity index is 2990. The molecule has 0 unspecified atom stereocenters. The van der Waals surface area contributed by atoms with E-state index in [-0.39, 0.29) is 0 Å². The van der Waals surface area contributed by atoms with E-state index in [4.69, 9.17) is 0 Å². The van der Waals surface area contributed by atoms with Crippen LogP contribution in [0.2, 0.25) is 0 Å². The lowest BCUT2D eigenvalue weighted by Gasteiger charge is -2.21. The summed E-state index contributed by atoms with van der Waals surface area (Å²) in [6.45, 7) is 0. The molecule has 0 spiro atoms. The lowest BCUT2D eigenvalue weighted by atomic mass is 9.82. The molecule has 0 heteroatoms. The molecule has 0 nitrogen and oxygen atoms in total. The van der Waals surface area contributed by atoms with Crippen molar-refractivity contribution < 1.29 is 0 Å². The first kappa shape index (κ1) is 27.5. The summed E-state index contributed by atoms with van der Waals surface area (Å²) in [6.07, 6.45) is 0. The SMILES string of the molecule is c1ccc2c(c1)-c1cccc3c(-c4c5ccccc5c(-c5cccc6ccccc56)c5cc(-c6cccc7ccccc67)ccc45)ccc-2c13. The summed E-state index contributed by atoms with van der Waals surface area (Å²) >= 11 is 0. The maximum atomic E-state index is 2.46. The molecule has 0 atom stereocenters. The Balaban J connectivity index is 1.30. The van der Waals surface area contributed by atoms with Gasteiger partial charge in [-0.05, 0) is 116 Å². The molecule has 1 aliphatic rings. The van der Waals surface area contributed by atoms with E-state index < -0.39 is 0 Å². The first-order valence-corrected chi connectivity index (χ1v) is 17.4. The molecule has 1 aliphatic carbocycles. The van der Waals surface area contributed by atoms with Gasteiger partial charge in [0.1, 0.15) is 0 Å². The van der Waals surface area contributed by atoms with Gasteiger partial charge < -0.3 is 0 Å². The van der Waals surface area contributed by atoms with Gasteiger partial charge in [0.25, 0.3) is 0 Å². The van der Waals surface area contributed by atoms with E-state index in [9.17, 15) is 0 Å². The van der Waals surface area contributed by atoms with Gasteiger partial charge in [0.2, 0.25) is 0 Å². The minimum atomic E-state index is 1.23. The standard InChI is InChI=1S/C50H30/c1-3-16-34-31(12-1)14-9-22-36(34)33-26-27-46-47(30-33)50(39-23-10-15-32-13-2-4-17-35(32)39)42-21-8-7-20-41(42)49(46)45-29-28-44-38-19-6-5-18-37(38)40-24-11-25-43(45)48(40)44/h1-30H. The second kappa shape index (κ2) is 10.5. The molecule has 0 radical (unpaired) electrons. The normalized spacial score (nSPS) is 12.0. The maximum absolute atomic E-state index is 2.46. The van der Waals surface area contributed by atoms with Crippen LogP contribution in [-0.4, -0.2) is 0 Å². The van der Waals surface area contributed by atoms with Crippen molar-refractivity contribution in [2.75, 3.05) is 0 Å². The smallest absolute Gasteiger partial charge is 0.00199 e. The molecule has 0 bridgehead atoms. The highest BCUT2D eigenvalue weighted by molar-refractivity contribution is 6.28. The van der Waals surface area contributed by atoms with Crippen molar-refractivity contribution in [2.24, 2.45) is 0 Å². The molecule has 0 heterocycles. The zero-order valence-electron chi connectivity index (χ0n) is 27.3. The summed E-state index contributed by atoms with van der Waals surface area (Å²) in [5, 5.41) is 12.8. The average Bonchev–Trinajstić information content (AvgIpc) is 3.51. The third-order valence-electron chi connectivity index (χ3n) is 11.0. The van der Waals surface area contributed by atoms with E-state index in [1.54, 1.807) is 0 Å². The van der Waals surface area contributed by atoms with Crippen molar-refractivity contribution >= 4 is 53.9 Å². The van der Waals surface area contributed by atoms with Crippen LogP contribution in [0.15, 0.2) is 182 Å². The summed E-state index contributed by atoms with van der Waals surface area (Å²) in [5.74, 6) is 0. The minimum absolute atomic E-state index is 1.23. The molecule has 50 heavy (non-hydrogen) atoms. The van der Waals surface area contributed by atoms with Crippen LogP contribution in [-0.2, 0) is 0 Å². The lowest BCUT2D eigenvalue weighted by Crippen LogP contribution is -1.93. The van der Waals surface area contributed by atoms with Crippen LogP contribution in [0.4, 0.5) is 0 Å². The van der Waals surface area contributed by atoms with E-state index in [0.717, 1.165) is 0 Å². The summed E-state index contributed by atoms with van der Waals surface area (Å²) in [6, 6.07) is 67.6. The van der Waals surface area contributed by atoms with E-state index >= 15 is 0 Å². The highest BCUT2D eigenvalue weighted by Crippen LogP contribution is 2.52. The van der Waals surface area contributed by atoms with Crippen molar-refractivity contribution in [1.29, 1.82) is 0 Å². The summed E-state index contributed by atoms with van der Waals surface area (Å²) in [4.78, 5) is 0. The third-order valence-corrected chi connectivity index (χ3v) is 11.0. The summed E-state index contributed by atoms with van der Waals surface area (Å²) < 4.78 is 0. The molecular weight excluding hydrogens is 601 g/mol. The lowest BCUT2D eigenvalue weighted by molar-refractivity contribution is 1.66. The quantitative estimate of drug-likeness (QED) is 0.170. The number of benzene rings is 10. The topological polar surface area (TPSA) is 0 Å². The first-order chi connectivity index (χ1) is 24.8. The molecule has 0 saturated carbocycles. The van der Waals surface area contributed by atoms with Crippen molar-refractivity contribution in [3.05, 3.63) is 182 Å². The van der Waals surface area contributed by atoms with Crippen molar-refractivity contribution in [3.63, 3.8) is 0 Å². The van der Waals surface area contributed by atoms with Gasteiger partial charge in [0.15, 0.2) is 0 Å². The third kappa shape index (κ3) is 3.82. The van der Waals surface area contributed by atoms with Crippen LogP contribution in [0.25, 0.3) is 109 Å². The first-order valence-electron chi connectivity index (χ1n) is 17.4. The summed E-state index contributed by atoms with van der Waals surface area (Å²) in [7, 11) is 0. The predicted octanol–water partition coefficient (Wildman–Crippen LogP) is 14.1. The van der Waals surface area contributed by atoms with Crippen molar-refractivity contribution in [1.82, 2.24) is 0 Å². The molecular formula is C50H30. The van der Waals surface area contributed by atoms with Crippen LogP contribution in [0, 0.1) is 0 Å². The van der Waals surface area contributed by atoms with Gasteiger partial charge in [-0.15, -0.1) is 0 Å². The fourth-order valence-electron chi connectivity index (χ4n) is 8.87. The molecule has 10 aromatic rings. The molecule has 10 aromatic carbocycles. The van der Waals surface area contributed by atoms with Crippen LogP contribution in [0.5, 0.6) is 0 Å². The highest BCUT2D eigenvalue weighted by Gasteiger charge is 2.25. The number of hydrogen-bond donors (Lipinski definition) is 0. The fraction of sp³-hybridized carbons (Fsp3) is 0. The van der Waals surface area contributed by atoms with Gasteiger partial charge in [-0.3, -0.25) is 0 Å². The Morgan fingerprint density at radius 3 is 1.36 bits per heavy atom. The second-order valence-electron chi connectivity index (χ2n) is 13.5. The van der Waals surface area contributed by atoms with E-state index in [1.807, 2.05) is 0 Å². The van der Waals surface area contributed by atoms with E-state index in [1.165, 1.54) is 109 Å². The van der Waals surface area contributed by atoms with Crippen LogP contribution < -0.4 is 0 Å². The fourth-order valence-corrected chi connectivity index (χ4v) is 8.87. The minimum Gasteiger partial charge on any atom is -0.0616 e. The molecule has 0 amide bonds. The van der Waals surface area contributed by atoms with Crippen LogP contribution in [0.3, 0.4) is 0 Å². The molecule has 0 fully saturated rings. The summed E-state index contributed by atoms with van der Waals surface area (Å²) in [5.41, 5.74) is 12.9. The molecule has 0 saturated heterocycles. The Kier molecular flexibility index (Phi) is 5.76. The van der Waals surface area contributed by atoms with Gasteiger partial charge in [0.05, 0.1) is 0 Å². The monoisotopic (exact) mass is 630 g/mol. The van der Waals surface area contributed by atoms with Gasteiger partial charge in [0, 0.05) is 0 Å². The van der Waals surface area contributed by atoms with E-state index in [0.29, 0.717) is 0 Å². The number of fused-ring (bicyclic) bond motifs is 7. The second-order valence-corrected chi connectivity index (χ2v) is 13.5. The molecule has 0 aromatic heterocycles. The number of hydrogen-bond acceptors (Lipinski definition) is 0. The Morgan fingerprint density at radius 1 is 0.220 bits per heavy atom.